The van der Waals surface area contributed by atoms with Crippen LogP contribution in [0, 0.1) is 0 Å². The largest absolute Gasteiger partial charge is 0.493 e. The fraction of sp³-hybridized carbons (Fsp3) is 0.368. The number of benzene rings is 1. The van der Waals surface area contributed by atoms with Gasteiger partial charge < -0.3 is 15.2 Å². The highest BCUT2D eigenvalue weighted by Crippen LogP contribution is 2.20. The molecule has 128 valence electrons. The normalized spacial score (nSPS) is 10.3. The van der Waals surface area contributed by atoms with Crippen LogP contribution >= 0.6 is 0 Å². The van der Waals surface area contributed by atoms with E-state index in [0.29, 0.717) is 13.0 Å². The summed E-state index contributed by atoms with van der Waals surface area (Å²) in [5.74, 6) is 0.914. The molecule has 0 aliphatic heterocycles. The molecule has 2 aromatic rings. The van der Waals surface area contributed by atoms with Crippen LogP contribution in [-0.2, 0) is 11.2 Å². The van der Waals surface area contributed by atoms with Crippen LogP contribution in [0.15, 0.2) is 48.7 Å². The summed E-state index contributed by atoms with van der Waals surface area (Å²) in [6, 6.07) is 13.5. The fourth-order valence-corrected chi connectivity index (χ4v) is 2.36. The van der Waals surface area contributed by atoms with Gasteiger partial charge in [-0.25, -0.2) is 4.98 Å². The molecule has 0 saturated heterocycles. The average Bonchev–Trinajstić information content (AvgIpc) is 2.61. The van der Waals surface area contributed by atoms with Crippen molar-refractivity contribution in [1.82, 2.24) is 4.98 Å². The van der Waals surface area contributed by atoms with Crippen LogP contribution in [0.3, 0.4) is 0 Å². The topological polar surface area (TPSA) is 71.5 Å². The van der Waals surface area contributed by atoms with Crippen molar-refractivity contribution in [3.8, 4) is 5.75 Å². The maximum absolute atomic E-state index is 10.7. The SMILES string of the molecule is O=C(O)CCc1ccccc1OCCCCCNc1ccccn1. The lowest BCUT2D eigenvalue weighted by Crippen LogP contribution is -2.05. The number of aryl methyl sites for hydroxylation is 1. The van der Waals surface area contributed by atoms with E-state index in [1.54, 1.807) is 6.20 Å². The maximum atomic E-state index is 10.7. The molecule has 5 nitrogen and oxygen atoms in total. The molecular weight excluding hydrogens is 304 g/mol. The third kappa shape index (κ3) is 6.69. The standard InChI is InChI=1S/C19H24N2O3/c22-19(23)12-11-16-8-2-3-9-17(16)24-15-7-1-5-13-20-18-10-4-6-14-21-18/h2-4,6,8-10,14H,1,5,7,11-13,15H2,(H,20,21)(H,22,23). The first-order chi connectivity index (χ1) is 11.8. The number of rotatable bonds is 11. The summed E-state index contributed by atoms with van der Waals surface area (Å²) in [6.45, 7) is 1.54. The van der Waals surface area contributed by atoms with Crippen LogP contribution in [0.25, 0.3) is 0 Å². The highest BCUT2D eigenvalue weighted by atomic mass is 16.5. The van der Waals surface area contributed by atoms with Gasteiger partial charge in [-0.1, -0.05) is 24.3 Å². The van der Waals surface area contributed by atoms with Gasteiger partial charge in [-0.3, -0.25) is 4.79 Å². The summed E-state index contributed by atoms with van der Waals surface area (Å²) in [6.07, 6.45) is 5.49. The number of nitrogens with zero attached hydrogens (tertiary/aromatic N) is 1. The summed E-state index contributed by atoms with van der Waals surface area (Å²) in [4.78, 5) is 14.9. The van der Waals surface area contributed by atoms with Crippen molar-refractivity contribution in [2.75, 3.05) is 18.5 Å². The summed E-state index contributed by atoms with van der Waals surface area (Å²) in [5.41, 5.74) is 0.955. The second kappa shape index (κ2) is 10.3. The molecule has 0 fully saturated rings. The van der Waals surface area contributed by atoms with Crippen LogP contribution < -0.4 is 10.1 Å². The van der Waals surface area contributed by atoms with E-state index in [0.717, 1.165) is 42.9 Å². The molecule has 0 radical (unpaired) electrons. The van der Waals surface area contributed by atoms with Gasteiger partial charge in [-0.15, -0.1) is 0 Å². The molecule has 0 aliphatic rings. The van der Waals surface area contributed by atoms with E-state index in [9.17, 15) is 4.79 Å². The second-order valence-electron chi connectivity index (χ2n) is 5.55. The first-order valence-electron chi connectivity index (χ1n) is 8.33. The molecule has 1 aromatic carbocycles. The molecule has 2 rings (SSSR count). The van der Waals surface area contributed by atoms with Crippen LogP contribution in [0.2, 0.25) is 0 Å². The predicted octanol–water partition coefficient (Wildman–Crippen LogP) is 3.76. The van der Waals surface area contributed by atoms with E-state index in [-0.39, 0.29) is 6.42 Å². The monoisotopic (exact) mass is 328 g/mol. The Morgan fingerprint density at radius 1 is 1.08 bits per heavy atom. The number of pyridine rings is 1. The second-order valence-corrected chi connectivity index (χ2v) is 5.55. The first kappa shape index (κ1) is 17.8. The Labute approximate surface area is 142 Å². The third-order valence-corrected chi connectivity index (χ3v) is 3.63. The van der Waals surface area contributed by atoms with Gasteiger partial charge in [0.05, 0.1) is 6.61 Å². The van der Waals surface area contributed by atoms with Crippen molar-refractivity contribution >= 4 is 11.8 Å². The molecule has 0 amide bonds. The molecule has 0 unspecified atom stereocenters. The highest BCUT2D eigenvalue weighted by molar-refractivity contribution is 5.67. The van der Waals surface area contributed by atoms with Crippen molar-refractivity contribution in [2.24, 2.45) is 0 Å². The number of aliphatic carboxylic acids is 1. The molecule has 0 bridgehead atoms. The number of aromatic nitrogens is 1. The zero-order valence-electron chi connectivity index (χ0n) is 13.8. The van der Waals surface area contributed by atoms with E-state index in [2.05, 4.69) is 10.3 Å². The molecule has 1 aromatic heterocycles. The molecule has 2 N–H and O–H groups in total. The maximum Gasteiger partial charge on any atom is 0.303 e. The number of carboxylic acids is 1. The summed E-state index contributed by atoms with van der Waals surface area (Å²) in [7, 11) is 0. The van der Waals surface area contributed by atoms with Gasteiger partial charge >= 0.3 is 5.97 Å². The number of anilines is 1. The zero-order chi connectivity index (χ0) is 17.0. The lowest BCUT2D eigenvalue weighted by Gasteiger charge is -2.11. The number of carbonyl (C=O) groups is 1. The quantitative estimate of drug-likeness (QED) is 0.615. The van der Waals surface area contributed by atoms with E-state index in [1.807, 2.05) is 42.5 Å². The number of hydrogen-bond donors (Lipinski definition) is 2. The van der Waals surface area contributed by atoms with Gasteiger partial charge in [0.2, 0.25) is 0 Å². The van der Waals surface area contributed by atoms with Crippen LogP contribution in [0.5, 0.6) is 5.75 Å². The third-order valence-electron chi connectivity index (χ3n) is 3.63. The Kier molecular flexibility index (Phi) is 7.60. The molecular formula is C19H24N2O3. The van der Waals surface area contributed by atoms with Gasteiger partial charge in [0.15, 0.2) is 0 Å². The molecule has 0 saturated carbocycles. The minimum atomic E-state index is -0.787. The Bertz CT molecular complexity index is 617. The summed E-state index contributed by atoms with van der Waals surface area (Å²) < 4.78 is 5.81. The number of nitrogens with one attached hydrogen (secondary N) is 1. The zero-order valence-corrected chi connectivity index (χ0v) is 13.8. The number of carboxylic acid groups (broad SMARTS) is 1. The minimum absolute atomic E-state index is 0.125. The van der Waals surface area contributed by atoms with E-state index in [4.69, 9.17) is 9.84 Å². The Balaban J connectivity index is 1.61. The molecule has 0 atom stereocenters. The van der Waals surface area contributed by atoms with Crippen molar-refractivity contribution in [1.29, 1.82) is 0 Å². The van der Waals surface area contributed by atoms with Gasteiger partial charge in [-0.05, 0) is 49.4 Å². The fourth-order valence-electron chi connectivity index (χ4n) is 2.36. The summed E-state index contributed by atoms with van der Waals surface area (Å²) >= 11 is 0. The molecule has 0 spiro atoms. The Morgan fingerprint density at radius 3 is 2.71 bits per heavy atom. The van der Waals surface area contributed by atoms with Crippen molar-refractivity contribution in [2.45, 2.75) is 32.1 Å². The highest BCUT2D eigenvalue weighted by Gasteiger charge is 2.05. The van der Waals surface area contributed by atoms with Crippen LogP contribution in [0.1, 0.15) is 31.2 Å². The van der Waals surface area contributed by atoms with Crippen LogP contribution in [0.4, 0.5) is 5.82 Å². The van der Waals surface area contributed by atoms with E-state index in [1.165, 1.54) is 0 Å². The smallest absolute Gasteiger partial charge is 0.303 e. The summed E-state index contributed by atoms with van der Waals surface area (Å²) in [5, 5.41) is 12.1. The number of unbranched alkanes of at least 4 members (excludes halogenated alkanes) is 2. The number of hydrogen-bond acceptors (Lipinski definition) is 4. The molecule has 0 aliphatic carbocycles. The Morgan fingerprint density at radius 2 is 1.92 bits per heavy atom. The van der Waals surface area contributed by atoms with Crippen molar-refractivity contribution < 1.29 is 14.6 Å². The number of para-hydroxylation sites is 1. The lowest BCUT2D eigenvalue weighted by molar-refractivity contribution is -0.136. The molecule has 5 heteroatoms. The Hall–Kier alpha value is -2.56. The average molecular weight is 328 g/mol. The van der Waals surface area contributed by atoms with Gasteiger partial charge in [-0.2, -0.15) is 0 Å². The van der Waals surface area contributed by atoms with Crippen molar-refractivity contribution in [3.63, 3.8) is 0 Å². The van der Waals surface area contributed by atoms with E-state index >= 15 is 0 Å². The lowest BCUT2D eigenvalue weighted by atomic mass is 10.1. The number of ether oxygens (including phenoxy) is 1. The van der Waals surface area contributed by atoms with Crippen molar-refractivity contribution in [3.05, 3.63) is 54.2 Å². The predicted molar refractivity (Wildman–Crippen MR) is 94.5 cm³/mol. The minimum Gasteiger partial charge on any atom is -0.493 e. The van der Waals surface area contributed by atoms with E-state index < -0.39 is 5.97 Å². The van der Waals surface area contributed by atoms with Gasteiger partial charge in [0.25, 0.3) is 0 Å². The van der Waals surface area contributed by atoms with Crippen LogP contribution in [-0.4, -0.2) is 29.2 Å². The van der Waals surface area contributed by atoms with Gasteiger partial charge in [0, 0.05) is 19.2 Å². The first-order valence-corrected chi connectivity index (χ1v) is 8.33. The molecule has 1 heterocycles. The molecule has 24 heavy (non-hydrogen) atoms. The van der Waals surface area contributed by atoms with Gasteiger partial charge in [0.1, 0.15) is 11.6 Å².